The van der Waals surface area contributed by atoms with Gasteiger partial charge in [-0.15, -0.1) is 11.3 Å². The maximum atomic E-state index is 11.0. The number of carboxylic acids is 1. The SMILES string of the molecule is COc1c(C(C)(C)CC(=O)O)ccc2sccc12. The van der Waals surface area contributed by atoms with Gasteiger partial charge in [0.05, 0.1) is 13.5 Å². The Bertz CT molecular complexity index is 584. The van der Waals surface area contributed by atoms with Crippen LogP contribution in [0.1, 0.15) is 25.8 Å². The summed E-state index contributed by atoms with van der Waals surface area (Å²) in [7, 11) is 1.63. The molecule has 1 aromatic carbocycles. The zero-order valence-electron chi connectivity index (χ0n) is 10.7. The molecule has 0 aliphatic carbocycles. The van der Waals surface area contributed by atoms with Gasteiger partial charge in [-0.05, 0) is 17.5 Å². The van der Waals surface area contributed by atoms with Crippen LogP contribution in [0.4, 0.5) is 0 Å². The Kier molecular flexibility index (Phi) is 3.30. The predicted octanol–water partition coefficient (Wildman–Crippen LogP) is 3.66. The number of hydrogen-bond acceptors (Lipinski definition) is 3. The number of ether oxygens (including phenoxy) is 1. The molecule has 0 aliphatic rings. The average Bonchev–Trinajstić information content (AvgIpc) is 2.73. The average molecular weight is 264 g/mol. The minimum absolute atomic E-state index is 0.0823. The van der Waals surface area contributed by atoms with Crippen molar-refractivity contribution in [3.05, 3.63) is 29.1 Å². The molecule has 0 radical (unpaired) electrons. The Balaban J connectivity index is 2.59. The molecule has 1 N–H and O–H groups in total. The molecule has 1 aromatic heterocycles. The van der Waals surface area contributed by atoms with Crippen molar-refractivity contribution in [1.29, 1.82) is 0 Å². The van der Waals surface area contributed by atoms with E-state index in [2.05, 4.69) is 0 Å². The second-order valence-electron chi connectivity index (χ2n) is 4.93. The Hall–Kier alpha value is -1.55. The summed E-state index contributed by atoms with van der Waals surface area (Å²) in [6, 6.07) is 6.02. The van der Waals surface area contributed by atoms with Gasteiger partial charge in [-0.1, -0.05) is 19.9 Å². The highest BCUT2D eigenvalue weighted by molar-refractivity contribution is 7.17. The molecule has 0 bridgehead atoms. The summed E-state index contributed by atoms with van der Waals surface area (Å²) in [6.07, 6.45) is 0.0823. The quantitative estimate of drug-likeness (QED) is 0.916. The van der Waals surface area contributed by atoms with Crippen LogP contribution in [-0.4, -0.2) is 18.2 Å². The highest BCUT2D eigenvalue weighted by Crippen LogP contribution is 2.40. The molecular weight excluding hydrogens is 248 g/mol. The molecule has 0 unspecified atom stereocenters. The number of benzene rings is 1. The van der Waals surface area contributed by atoms with Crippen LogP contribution in [0.25, 0.3) is 10.1 Å². The third-order valence-electron chi connectivity index (χ3n) is 3.11. The molecule has 96 valence electrons. The van der Waals surface area contributed by atoms with Crippen molar-refractivity contribution in [3.63, 3.8) is 0 Å². The van der Waals surface area contributed by atoms with Crippen molar-refractivity contribution < 1.29 is 14.6 Å². The van der Waals surface area contributed by atoms with E-state index >= 15 is 0 Å². The number of fused-ring (bicyclic) bond motifs is 1. The van der Waals surface area contributed by atoms with E-state index in [0.29, 0.717) is 0 Å². The molecular formula is C14H16O3S. The van der Waals surface area contributed by atoms with Crippen LogP contribution in [-0.2, 0) is 10.2 Å². The lowest BCUT2D eigenvalue weighted by Gasteiger charge is -2.25. The summed E-state index contributed by atoms with van der Waals surface area (Å²) in [6.45, 7) is 3.86. The van der Waals surface area contributed by atoms with Gasteiger partial charge in [-0.25, -0.2) is 0 Å². The number of methoxy groups -OCH3 is 1. The van der Waals surface area contributed by atoms with Crippen molar-refractivity contribution in [2.24, 2.45) is 0 Å². The number of rotatable bonds is 4. The molecule has 0 saturated carbocycles. The number of carboxylic acid groups (broad SMARTS) is 1. The first-order chi connectivity index (χ1) is 8.45. The third-order valence-corrected chi connectivity index (χ3v) is 3.99. The highest BCUT2D eigenvalue weighted by atomic mass is 32.1. The van der Waals surface area contributed by atoms with Crippen LogP contribution in [0.5, 0.6) is 5.75 Å². The molecule has 1 heterocycles. The van der Waals surface area contributed by atoms with E-state index in [1.54, 1.807) is 18.4 Å². The van der Waals surface area contributed by atoms with E-state index in [1.807, 2.05) is 37.4 Å². The van der Waals surface area contributed by atoms with Crippen LogP contribution in [0, 0.1) is 0 Å². The summed E-state index contributed by atoms with van der Waals surface area (Å²) in [5.41, 5.74) is 0.492. The molecule has 4 heteroatoms. The second kappa shape index (κ2) is 4.61. The third kappa shape index (κ3) is 2.20. The van der Waals surface area contributed by atoms with Crippen molar-refractivity contribution in [2.45, 2.75) is 25.7 Å². The van der Waals surface area contributed by atoms with E-state index in [-0.39, 0.29) is 6.42 Å². The van der Waals surface area contributed by atoms with Gasteiger partial charge in [-0.3, -0.25) is 4.79 Å². The largest absolute Gasteiger partial charge is 0.496 e. The van der Waals surface area contributed by atoms with E-state index in [1.165, 1.54) is 0 Å². The van der Waals surface area contributed by atoms with Crippen molar-refractivity contribution in [2.75, 3.05) is 7.11 Å². The minimum Gasteiger partial charge on any atom is -0.496 e. The van der Waals surface area contributed by atoms with Gasteiger partial charge >= 0.3 is 5.97 Å². The monoisotopic (exact) mass is 264 g/mol. The maximum Gasteiger partial charge on any atom is 0.304 e. The van der Waals surface area contributed by atoms with Crippen molar-refractivity contribution in [3.8, 4) is 5.75 Å². The molecule has 0 saturated heterocycles. The van der Waals surface area contributed by atoms with E-state index in [4.69, 9.17) is 9.84 Å². The molecule has 0 amide bonds. The molecule has 3 nitrogen and oxygen atoms in total. The van der Waals surface area contributed by atoms with Gasteiger partial charge in [0, 0.05) is 21.1 Å². The zero-order chi connectivity index (χ0) is 13.3. The first-order valence-electron chi connectivity index (χ1n) is 5.72. The Morgan fingerprint density at radius 1 is 1.39 bits per heavy atom. The standard InChI is InChI=1S/C14H16O3S/c1-14(2,8-12(15)16)10-4-5-11-9(6-7-18-11)13(10)17-3/h4-7H,8H2,1-3H3,(H,15,16). The lowest BCUT2D eigenvalue weighted by molar-refractivity contribution is -0.138. The van der Waals surface area contributed by atoms with Gasteiger partial charge in [0.2, 0.25) is 0 Å². The Labute approximate surface area is 110 Å². The first-order valence-corrected chi connectivity index (χ1v) is 6.60. The molecule has 0 atom stereocenters. The summed E-state index contributed by atoms with van der Waals surface area (Å²) in [5.74, 6) is -0.00697. The Morgan fingerprint density at radius 3 is 2.72 bits per heavy atom. The molecule has 0 spiro atoms. The van der Waals surface area contributed by atoms with E-state index in [9.17, 15) is 4.79 Å². The molecule has 2 aromatic rings. The lowest BCUT2D eigenvalue weighted by atomic mass is 9.80. The lowest BCUT2D eigenvalue weighted by Crippen LogP contribution is -2.22. The predicted molar refractivity (Wildman–Crippen MR) is 73.7 cm³/mol. The molecule has 18 heavy (non-hydrogen) atoms. The summed E-state index contributed by atoms with van der Waals surface area (Å²) in [5, 5.41) is 12.1. The normalized spacial score (nSPS) is 11.7. The molecule has 2 rings (SSSR count). The smallest absolute Gasteiger partial charge is 0.304 e. The van der Waals surface area contributed by atoms with Crippen LogP contribution >= 0.6 is 11.3 Å². The van der Waals surface area contributed by atoms with Crippen LogP contribution in [0.15, 0.2) is 23.6 Å². The molecule has 0 fully saturated rings. The number of aliphatic carboxylic acids is 1. The van der Waals surface area contributed by atoms with E-state index < -0.39 is 11.4 Å². The summed E-state index contributed by atoms with van der Waals surface area (Å²) < 4.78 is 6.65. The zero-order valence-corrected chi connectivity index (χ0v) is 11.5. The minimum atomic E-state index is -0.799. The van der Waals surface area contributed by atoms with Crippen LogP contribution < -0.4 is 4.74 Å². The number of hydrogen-bond donors (Lipinski definition) is 1. The first kappa shape index (κ1) is 12.9. The number of thiophene rings is 1. The molecule has 0 aliphatic heterocycles. The highest BCUT2D eigenvalue weighted by Gasteiger charge is 2.28. The number of carbonyl (C=O) groups is 1. The Morgan fingerprint density at radius 2 is 2.11 bits per heavy atom. The summed E-state index contributed by atoms with van der Waals surface area (Å²) in [4.78, 5) is 11.0. The van der Waals surface area contributed by atoms with Gasteiger partial charge in [0.25, 0.3) is 0 Å². The van der Waals surface area contributed by atoms with Gasteiger partial charge < -0.3 is 9.84 Å². The topological polar surface area (TPSA) is 46.5 Å². The second-order valence-corrected chi connectivity index (χ2v) is 5.88. The van der Waals surface area contributed by atoms with Gasteiger partial charge in [0.15, 0.2) is 0 Å². The van der Waals surface area contributed by atoms with Crippen LogP contribution in [0.2, 0.25) is 0 Å². The van der Waals surface area contributed by atoms with Crippen molar-refractivity contribution >= 4 is 27.4 Å². The van der Waals surface area contributed by atoms with Crippen molar-refractivity contribution in [1.82, 2.24) is 0 Å². The fourth-order valence-electron chi connectivity index (χ4n) is 2.24. The maximum absolute atomic E-state index is 11.0. The van der Waals surface area contributed by atoms with Gasteiger partial charge in [0.1, 0.15) is 5.75 Å². The fourth-order valence-corrected chi connectivity index (χ4v) is 3.03. The van der Waals surface area contributed by atoms with Gasteiger partial charge in [-0.2, -0.15) is 0 Å². The van der Waals surface area contributed by atoms with E-state index in [0.717, 1.165) is 21.4 Å². The van der Waals surface area contributed by atoms with Crippen LogP contribution in [0.3, 0.4) is 0 Å². The fraction of sp³-hybridized carbons (Fsp3) is 0.357. The summed E-state index contributed by atoms with van der Waals surface area (Å²) >= 11 is 1.65.